The highest BCUT2D eigenvalue weighted by atomic mass is 16.1. The van der Waals surface area contributed by atoms with Gasteiger partial charge in [-0.15, -0.1) is 0 Å². The van der Waals surface area contributed by atoms with Crippen LogP contribution in [-0.2, 0) is 6.42 Å². The lowest BCUT2D eigenvalue weighted by Crippen LogP contribution is -2.49. The summed E-state index contributed by atoms with van der Waals surface area (Å²) in [6, 6.07) is 7.90. The molecule has 0 aliphatic rings. The third-order valence-corrected chi connectivity index (χ3v) is 4.43. The predicted molar refractivity (Wildman–Crippen MR) is 81.7 cm³/mol. The molecule has 0 heterocycles. The molecule has 2 heteroatoms. The molecule has 0 aliphatic heterocycles. The van der Waals surface area contributed by atoms with Crippen LogP contribution in [0, 0.1) is 0 Å². The zero-order chi connectivity index (χ0) is 14.6. The van der Waals surface area contributed by atoms with Gasteiger partial charge in [0.25, 0.3) is 0 Å². The molecule has 1 rings (SSSR count). The van der Waals surface area contributed by atoms with Crippen LogP contribution >= 0.6 is 0 Å². The van der Waals surface area contributed by atoms with E-state index in [1.165, 1.54) is 5.56 Å². The Hall–Kier alpha value is -1.15. The minimum atomic E-state index is -0.0950. The van der Waals surface area contributed by atoms with Crippen LogP contribution < -0.4 is 0 Å². The van der Waals surface area contributed by atoms with E-state index >= 15 is 0 Å². The van der Waals surface area contributed by atoms with Crippen LogP contribution in [-0.4, -0.2) is 29.3 Å². The molecule has 106 valence electrons. The summed E-state index contributed by atoms with van der Waals surface area (Å²) >= 11 is 0. The summed E-state index contributed by atoms with van der Waals surface area (Å²) < 4.78 is 0. The lowest BCUT2D eigenvalue weighted by Gasteiger charge is -2.38. The molecule has 2 nitrogen and oxygen atoms in total. The molecule has 0 aliphatic carbocycles. The maximum absolute atomic E-state index is 12.5. The largest absolute Gasteiger partial charge is 0.292 e. The lowest BCUT2D eigenvalue weighted by molar-refractivity contribution is 0.0677. The van der Waals surface area contributed by atoms with Gasteiger partial charge in [-0.05, 0) is 46.2 Å². The highest BCUT2D eigenvalue weighted by Crippen LogP contribution is 2.21. The number of likely N-dealkylation sites (N-methyl/N-ethyl adjacent to an activating group) is 1. The second kappa shape index (κ2) is 6.33. The summed E-state index contributed by atoms with van der Waals surface area (Å²) in [6.45, 7) is 10.6. The Morgan fingerprint density at radius 3 is 2.16 bits per heavy atom. The van der Waals surface area contributed by atoms with Gasteiger partial charge in [0.1, 0.15) is 0 Å². The molecule has 1 unspecified atom stereocenters. The highest BCUT2D eigenvalue weighted by molar-refractivity contribution is 5.99. The topological polar surface area (TPSA) is 20.3 Å². The maximum Gasteiger partial charge on any atom is 0.179 e. The molecule has 0 saturated heterocycles. The smallest absolute Gasteiger partial charge is 0.179 e. The number of carbonyl (C=O) groups excluding carboxylic acids is 1. The fourth-order valence-corrected chi connectivity index (χ4v) is 2.10. The maximum atomic E-state index is 12.5. The Labute approximate surface area is 117 Å². The van der Waals surface area contributed by atoms with Crippen LogP contribution in [0.15, 0.2) is 24.3 Å². The molecular weight excluding hydrogens is 234 g/mol. The molecule has 0 fully saturated rings. The van der Waals surface area contributed by atoms with E-state index < -0.39 is 0 Å². The summed E-state index contributed by atoms with van der Waals surface area (Å²) in [5.74, 6) is 0.201. The lowest BCUT2D eigenvalue weighted by atomic mass is 9.95. The van der Waals surface area contributed by atoms with Crippen molar-refractivity contribution in [3.63, 3.8) is 0 Å². The first kappa shape index (κ1) is 15.9. The molecule has 1 atom stereocenters. The van der Waals surface area contributed by atoms with Gasteiger partial charge in [0.05, 0.1) is 6.04 Å². The molecule has 0 radical (unpaired) electrons. The number of nitrogens with zero attached hydrogens (tertiary/aromatic N) is 1. The molecule has 0 aromatic heterocycles. The Bertz CT molecular complexity index is 419. The van der Waals surface area contributed by atoms with Crippen molar-refractivity contribution in [1.29, 1.82) is 0 Å². The summed E-state index contributed by atoms with van der Waals surface area (Å²) in [4.78, 5) is 14.7. The van der Waals surface area contributed by atoms with Crippen molar-refractivity contribution in [1.82, 2.24) is 4.90 Å². The number of carbonyl (C=O) groups is 1. The zero-order valence-corrected chi connectivity index (χ0v) is 13.2. The van der Waals surface area contributed by atoms with Gasteiger partial charge in [-0.2, -0.15) is 0 Å². The van der Waals surface area contributed by atoms with Crippen molar-refractivity contribution in [3.8, 4) is 0 Å². The van der Waals surface area contributed by atoms with Gasteiger partial charge in [-0.25, -0.2) is 0 Å². The summed E-state index contributed by atoms with van der Waals surface area (Å²) in [5, 5.41) is 0. The van der Waals surface area contributed by atoms with Crippen molar-refractivity contribution in [2.75, 3.05) is 7.05 Å². The molecule has 0 bridgehead atoms. The fraction of sp³-hybridized carbons (Fsp3) is 0.588. The number of rotatable bonds is 6. The summed E-state index contributed by atoms with van der Waals surface area (Å²) in [6.07, 6.45) is 2.03. The molecule has 0 saturated carbocycles. The number of Topliss-reactive ketones (excluding diaryl/α,β-unsaturated/α-hetero) is 1. The number of hydrogen-bond acceptors (Lipinski definition) is 2. The average Bonchev–Trinajstić information content (AvgIpc) is 2.44. The van der Waals surface area contributed by atoms with Crippen LogP contribution in [0.4, 0.5) is 0 Å². The molecule has 0 amide bonds. The van der Waals surface area contributed by atoms with Crippen molar-refractivity contribution in [2.45, 2.75) is 59.0 Å². The molecule has 1 aromatic carbocycles. The SMILES string of the molecule is CCc1ccc(C(=O)C(C)N(C)C(C)(C)CC)cc1. The summed E-state index contributed by atoms with van der Waals surface area (Å²) in [5.41, 5.74) is 2.12. The normalized spacial score (nSPS) is 13.6. The van der Waals surface area contributed by atoms with Crippen LogP contribution in [0.1, 0.15) is 57.0 Å². The van der Waals surface area contributed by atoms with E-state index in [9.17, 15) is 4.79 Å². The van der Waals surface area contributed by atoms with Gasteiger partial charge >= 0.3 is 0 Å². The third kappa shape index (κ3) is 3.66. The Balaban J connectivity index is 2.87. The standard InChI is InChI=1S/C17H27NO/c1-7-14-9-11-15(12-10-14)16(19)13(3)18(6)17(4,5)8-2/h9-13H,7-8H2,1-6H3. The minimum absolute atomic E-state index is 0.0401. The number of benzene rings is 1. The quantitative estimate of drug-likeness (QED) is 0.723. The van der Waals surface area contributed by atoms with Gasteiger partial charge in [0.15, 0.2) is 5.78 Å². The van der Waals surface area contributed by atoms with Gasteiger partial charge in [0, 0.05) is 11.1 Å². The zero-order valence-electron chi connectivity index (χ0n) is 13.2. The molecule has 19 heavy (non-hydrogen) atoms. The van der Waals surface area contributed by atoms with Gasteiger partial charge in [0.2, 0.25) is 0 Å². The predicted octanol–water partition coefficient (Wildman–Crippen LogP) is 3.94. The van der Waals surface area contributed by atoms with Crippen molar-refractivity contribution in [3.05, 3.63) is 35.4 Å². The van der Waals surface area contributed by atoms with E-state index in [2.05, 4.69) is 32.6 Å². The van der Waals surface area contributed by atoms with Gasteiger partial charge in [-0.1, -0.05) is 38.1 Å². The summed E-state index contributed by atoms with van der Waals surface area (Å²) in [7, 11) is 2.03. The molecule has 1 aromatic rings. The first-order chi connectivity index (χ1) is 8.83. The Morgan fingerprint density at radius 1 is 1.21 bits per heavy atom. The van der Waals surface area contributed by atoms with Crippen LogP contribution in [0.25, 0.3) is 0 Å². The first-order valence-corrected chi connectivity index (χ1v) is 7.19. The Morgan fingerprint density at radius 2 is 1.74 bits per heavy atom. The monoisotopic (exact) mass is 261 g/mol. The van der Waals surface area contributed by atoms with E-state index in [1.54, 1.807) is 0 Å². The molecular formula is C17H27NO. The number of aryl methyl sites for hydroxylation is 1. The average molecular weight is 261 g/mol. The van der Waals surface area contributed by atoms with Gasteiger partial charge < -0.3 is 0 Å². The fourth-order valence-electron chi connectivity index (χ4n) is 2.10. The van der Waals surface area contributed by atoms with Crippen LogP contribution in [0.3, 0.4) is 0 Å². The van der Waals surface area contributed by atoms with E-state index in [1.807, 2.05) is 38.2 Å². The van der Waals surface area contributed by atoms with Gasteiger partial charge in [-0.3, -0.25) is 9.69 Å². The number of ketones is 1. The minimum Gasteiger partial charge on any atom is -0.292 e. The first-order valence-electron chi connectivity index (χ1n) is 7.19. The third-order valence-electron chi connectivity index (χ3n) is 4.43. The molecule has 0 N–H and O–H groups in total. The van der Waals surface area contributed by atoms with E-state index in [-0.39, 0.29) is 17.4 Å². The van der Waals surface area contributed by atoms with E-state index in [0.717, 1.165) is 18.4 Å². The van der Waals surface area contributed by atoms with E-state index in [0.29, 0.717) is 0 Å². The van der Waals surface area contributed by atoms with Crippen molar-refractivity contribution >= 4 is 5.78 Å². The number of hydrogen-bond donors (Lipinski definition) is 0. The second-order valence-corrected chi connectivity index (χ2v) is 5.87. The van der Waals surface area contributed by atoms with Crippen molar-refractivity contribution in [2.24, 2.45) is 0 Å². The van der Waals surface area contributed by atoms with E-state index in [4.69, 9.17) is 0 Å². The molecule has 0 spiro atoms. The van der Waals surface area contributed by atoms with Crippen LogP contribution in [0.5, 0.6) is 0 Å². The second-order valence-electron chi connectivity index (χ2n) is 5.87. The Kier molecular flexibility index (Phi) is 5.30. The highest BCUT2D eigenvalue weighted by Gasteiger charge is 2.29. The van der Waals surface area contributed by atoms with Crippen molar-refractivity contribution < 1.29 is 4.79 Å². The van der Waals surface area contributed by atoms with Crippen LogP contribution in [0.2, 0.25) is 0 Å².